The Balaban J connectivity index is 2.11. The lowest BCUT2D eigenvalue weighted by Gasteiger charge is -2.12. The van der Waals surface area contributed by atoms with E-state index in [-0.39, 0.29) is 12.8 Å². The molecule has 1 fully saturated rings. The van der Waals surface area contributed by atoms with E-state index in [1.807, 2.05) is 0 Å². The number of hydrogen-bond acceptors (Lipinski definition) is 2. The van der Waals surface area contributed by atoms with Gasteiger partial charge in [0.05, 0.1) is 6.61 Å². The minimum Gasteiger partial charge on any atom is -0.450 e. The summed E-state index contributed by atoms with van der Waals surface area (Å²) in [6, 6.07) is -0.436. The molecule has 1 atom stereocenters. The zero-order chi connectivity index (χ0) is 12.0. The van der Waals surface area contributed by atoms with Crippen LogP contribution in [0.3, 0.4) is 0 Å². The van der Waals surface area contributed by atoms with E-state index in [2.05, 4.69) is 12.2 Å². The summed E-state index contributed by atoms with van der Waals surface area (Å²) >= 11 is 0. The predicted octanol–water partition coefficient (Wildman–Crippen LogP) is 3.09. The molecule has 1 saturated carbocycles. The summed E-state index contributed by atoms with van der Waals surface area (Å²) in [5.41, 5.74) is 0. The summed E-state index contributed by atoms with van der Waals surface area (Å²) in [4.78, 5) is 11.2. The largest absolute Gasteiger partial charge is 0.450 e. The van der Waals surface area contributed by atoms with Crippen LogP contribution >= 0.6 is 0 Å². The number of amides is 1. The van der Waals surface area contributed by atoms with Gasteiger partial charge in [-0.05, 0) is 12.8 Å². The summed E-state index contributed by atoms with van der Waals surface area (Å²) in [5, 5.41) is 2.47. The lowest BCUT2D eigenvalue weighted by Crippen LogP contribution is -2.34. The number of unbranched alkanes of at least 4 members (excludes halogenated alkanes) is 2. The number of hydrogen-bond donors (Lipinski definition) is 1. The summed E-state index contributed by atoms with van der Waals surface area (Å²) in [6.07, 6.45) is 2.24. The van der Waals surface area contributed by atoms with E-state index in [0.29, 0.717) is 13.0 Å². The molecule has 0 heterocycles. The van der Waals surface area contributed by atoms with Crippen molar-refractivity contribution < 1.29 is 18.3 Å². The average molecular weight is 235 g/mol. The van der Waals surface area contributed by atoms with Crippen LogP contribution in [0, 0.1) is 0 Å². The monoisotopic (exact) mass is 235 g/mol. The fourth-order valence-electron chi connectivity index (χ4n) is 1.80. The molecule has 1 amide bonds. The van der Waals surface area contributed by atoms with E-state index in [4.69, 9.17) is 4.74 Å². The maximum atomic E-state index is 12.8. The van der Waals surface area contributed by atoms with Crippen molar-refractivity contribution in [1.82, 2.24) is 5.32 Å². The molecular weight excluding hydrogens is 216 g/mol. The number of ether oxygens (including phenoxy) is 1. The van der Waals surface area contributed by atoms with E-state index in [1.165, 1.54) is 0 Å². The second-order valence-electron chi connectivity index (χ2n) is 4.28. The first-order valence-electron chi connectivity index (χ1n) is 5.84. The smallest absolute Gasteiger partial charge is 0.407 e. The Bertz CT molecular complexity index is 234. The van der Waals surface area contributed by atoms with Crippen molar-refractivity contribution in [3.63, 3.8) is 0 Å². The Morgan fingerprint density at radius 1 is 1.50 bits per heavy atom. The van der Waals surface area contributed by atoms with Crippen molar-refractivity contribution in [1.29, 1.82) is 0 Å². The molecule has 5 heteroatoms. The van der Waals surface area contributed by atoms with E-state index < -0.39 is 18.1 Å². The first-order chi connectivity index (χ1) is 7.53. The fourth-order valence-corrected chi connectivity index (χ4v) is 1.80. The third-order valence-electron chi connectivity index (χ3n) is 2.71. The van der Waals surface area contributed by atoms with Crippen LogP contribution in [0.2, 0.25) is 0 Å². The zero-order valence-corrected chi connectivity index (χ0v) is 9.60. The zero-order valence-electron chi connectivity index (χ0n) is 9.60. The Labute approximate surface area is 94.5 Å². The normalized spacial score (nSPS) is 23.1. The van der Waals surface area contributed by atoms with Gasteiger partial charge < -0.3 is 10.1 Å². The van der Waals surface area contributed by atoms with Gasteiger partial charge in [0.2, 0.25) is 5.92 Å². The molecule has 3 nitrogen and oxygen atoms in total. The van der Waals surface area contributed by atoms with E-state index >= 15 is 0 Å². The molecule has 0 radical (unpaired) electrons. The van der Waals surface area contributed by atoms with Gasteiger partial charge in [0.25, 0.3) is 0 Å². The lowest BCUT2D eigenvalue weighted by molar-refractivity contribution is 0.00697. The van der Waals surface area contributed by atoms with E-state index in [9.17, 15) is 13.6 Å². The molecule has 0 aromatic heterocycles. The summed E-state index contributed by atoms with van der Waals surface area (Å²) < 4.78 is 30.5. The van der Waals surface area contributed by atoms with Crippen molar-refractivity contribution in [3.05, 3.63) is 0 Å². The Hall–Kier alpha value is -0.870. The highest BCUT2D eigenvalue weighted by Gasteiger charge is 2.40. The fraction of sp³-hybridized carbons (Fsp3) is 0.909. The first kappa shape index (κ1) is 13.2. The van der Waals surface area contributed by atoms with Crippen LogP contribution in [0.5, 0.6) is 0 Å². The molecule has 0 spiro atoms. The molecule has 0 aliphatic heterocycles. The van der Waals surface area contributed by atoms with Crippen LogP contribution in [0.1, 0.15) is 45.4 Å². The Morgan fingerprint density at radius 3 is 2.81 bits per heavy atom. The van der Waals surface area contributed by atoms with Gasteiger partial charge in [-0.25, -0.2) is 13.6 Å². The molecule has 1 unspecified atom stereocenters. The van der Waals surface area contributed by atoms with Crippen molar-refractivity contribution in [2.75, 3.05) is 6.61 Å². The quantitative estimate of drug-likeness (QED) is 0.743. The standard InChI is InChI=1S/C11H19F2NO2/c1-2-3-4-7-16-10(15)14-9-5-6-11(12,13)8-9/h9H,2-8H2,1H3,(H,14,15). The number of carbonyl (C=O) groups is 1. The van der Waals surface area contributed by atoms with Gasteiger partial charge in [-0.3, -0.25) is 0 Å². The average Bonchev–Trinajstić information content (AvgIpc) is 2.53. The van der Waals surface area contributed by atoms with Crippen molar-refractivity contribution in [2.24, 2.45) is 0 Å². The number of carbonyl (C=O) groups excluding carboxylic acids is 1. The number of rotatable bonds is 5. The molecule has 1 aliphatic carbocycles. The number of alkyl halides is 2. The molecule has 1 N–H and O–H groups in total. The lowest BCUT2D eigenvalue weighted by atomic mass is 10.2. The molecule has 16 heavy (non-hydrogen) atoms. The summed E-state index contributed by atoms with van der Waals surface area (Å²) in [5.74, 6) is -2.62. The van der Waals surface area contributed by atoms with Crippen LogP contribution in [0.25, 0.3) is 0 Å². The molecule has 0 saturated heterocycles. The van der Waals surface area contributed by atoms with Crippen LogP contribution in [0.15, 0.2) is 0 Å². The van der Waals surface area contributed by atoms with Gasteiger partial charge in [-0.15, -0.1) is 0 Å². The van der Waals surface area contributed by atoms with Gasteiger partial charge in [0.1, 0.15) is 0 Å². The van der Waals surface area contributed by atoms with Crippen LogP contribution in [-0.4, -0.2) is 24.7 Å². The van der Waals surface area contributed by atoms with Crippen molar-refractivity contribution in [3.8, 4) is 0 Å². The minimum absolute atomic E-state index is 0.145. The van der Waals surface area contributed by atoms with Gasteiger partial charge in [-0.2, -0.15) is 0 Å². The molecule has 1 rings (SSSR count). The highest BCUT2D eigenvalue weighted by molar-refractivity contribution is 5.67. The van der Waals surface area contributed by atoms with Gasteiger partial charge in [0, 0.05) is 18.9 Å². The number of halogens is 2. The summed E-state index contributed by atoms with van der Waals surface area (Å²) in [6.45, 7) is 2.42. The number of nitrogens with one attached hydrogen (secondary N) is 1. The third kappa shape index (κ3) is 4.77. The van der Waals surface area contributed by atoms with Crippen molar-refractivity contribution in [2.45, 2.75) is 57.4 Å². The minimum atomic E-state index is -2.62. The molecule has 1 aliphatic rings. The Morgan fingerprint density at radius 2 is 2.25 bits per heavy atom. The van der Waals surface area contributed by atoms with E-state index in [1.54, 1.807) is 0 Å². The number of alkyl carbamates (subject to hydrolysis) is 1. The second-order valence-corrected chi connectivity index (χ2v) is 4.28. The van der Waals surface area contributed by atoms with Crippen molar-refractivity contribution >= 4 is 6.09 Å². The Kier molecular flexibility index (Phi) is 4.96. The van der Waals surface area contributed by atoms with Crippen LogP contribution < -0.4 is 5.32 Å². The predicted molar refractivity (Wildman–Crippen MR) is 56.6 cm³/mol. The molecule has 0 aromatic rings. The molecular formula is C11H19F2NO2. The molecule has 94 valence electrons. The summed E-state index contributed by atoms with van der Waals surface area (Å²) in [7, 11) is 0. The first-order valence-corrected chi connectivity index (χ1v) is 5.84. The topological polar surface area (TPSA) is 38.3 Å². The third-order valence-corrected chi connectivity index (χ3v) is 2.71. The molecule has 0 aromatic carbocycles. The van der Waals surface area contributed by atoms with E-state index in [0.717, 1.165) is 19.3 Å². The van der Waals surface area contributed by atoms with Crippen LogP contribution in [-0.2, 0) is 4.74 Å². The maximum Gasteiger partial charge on any atom is 0.407 e. The van der Waals surface area contributed by atoms with Gasteiger partial charge in [-0.1, -0.05) is 19.8 Å². The van der Waals surface area contributed by atoms with Gasteiger partial charge in [0.15, 0.2) is 0 Å². The maximum absolute atomic E-state index is 12.8. The van der Waals surface area contributed by atoms with Crippen LogP contribution in [0.4, 0.5) is 13.6 Å². The highest BCUT2D eigenvalue weighted by Crippen LogP contribution is 2.34. The van der Waals surface area contributed by atoms with Gasteiger partial charge >= 0.3 is 6.09 Å². The highest BCUT2D eigenvalue weighted by atomic mass is 19.3. The SMILES string of the molecule is CCCCCOC(=O)NC1CCC(F)(F)C1. The second kappa shape index (κ2) is 6.01. The molecule has 0 bridgehead atoms.